The summed E-state index contributed by atoms with van der Waals surface area (Å²) in [5, 5.41) is 15.6. The van der Waals surface area contributed by atoms with Crippen LogP contribution in [0.15, 0.2) is 23.1 Å². The molecule has 0 aliphatic heterocycles. The normalized spacial score (nSPS) is 10.3. The molecule has 0 spiro atoms. The highest BCUT2D eigenvalue weighted by Crippen LogP contribution is 2.24. The van der Waals surface area contributed by atoms with E-state index in [1.54, 1.807) is 0 Å². The number of rotatable bonds is 6. The fourth-order valence-corrected chi connectivity index (χ4v) is 2.51. The minimum Gasteiger partial charge on any atom is -0.350 e. The van der Waals surface area contributed by atoms with E-state index in [1.165, 1.54) is 0 Å². The highest BCUT2D eigenvalue weighted by molar-refractivity contribution is 9.09. The van der Waals surface area contributed by atoms with Crippen LogP contribution in [-0.4, -0.2) is 15.6 Å². The average molecular weight is 338 g/mol. The van der Waals surface area contributed by atoms with Gasteiger partial charge in [-0.25, -0.2) is 5.26 Å². The average Bonchev–Trinajstić information content (AvgIpc) is 2.30. The molecule has 1 aromatic rings. The number of hydrogen-bond acceptors (Lipinski definition) is 5. The predicted octanol–water partition coefficient (Wildman–Crippen LogP) is 3.95. The zero-order chi connectivity index (χ0) is 12.7. The van der Waals surface area contributed by atoms with Gasteiger partial charge in [0.05, 0.1) is 17.0 Å². The summed E-state index contributed by atoms with van der Waals surface area (Å²) < 4.78 is 4.35. The Balaban J connectivity index is 2.65. The molecule has 0 heterocycles. The van der Waals surface area contributed by atoms with Gasteiger partial charge >= 0.3 is 0 Å². The summed E-state index contributed by atoms with van der Waals surface area (Å²) in [5.41, 5.74) is 2.00. The third-order valence-electron chi connectivity index (χ3n) is 1.95. The molecule has 7 heteroatoms. The summed E-state index contributed by atoms with van der Waals surface area (Å²) in [4.78, 5) is 1.62. The zero-order valence-electron chi connectivity index (χ0n) is 9.10. The van der Waals surface area contributed by atoms with Gasteiger partial charge in [-0.1, -0.05) is 33.2 Å². The maximum Gasteiger partial charge on any atom is 0.0805 e. The highest BCUT2D eigenvalue weighted by Gasteiger charge is 2.03. The fraction of sp³-hybridized carbons (Fsp3) is 0.300. The molecule has 0 amide bonds. The Morgan fingerprint density at radius 2 is 2.35 bits per heavy atom. The number of thiocarbonyl (C=S) groups is 1. The molecule has 0 fully saturated rings. The van der Waals surface area contributed by atoms with E-state index >= 15 is 0 Å². The summed E-state index contributed by atoms with van der Waals surface area (Å²) in [5.74, 6) is 0. The first-order valence-electron chi connectivity index (χ1n) is 4.78. The second-order valence-electron chi connectivity index (χ2n) is 3.19. The molecule has 4 nitrogen and oxygen atoms in total. The van der Waals surface area contributed by atoms with Crippen LogP contribution in [0.2, 0.25) is 0 Å². The van der Waals surface area contributed by atoms with Gasteiger partial charge in [-0.3, -0.25) is 0 Å². The van der Waals surface area contributed by atoms with Gasteiger partial charge in [-0.05, 0) is 30.7 Å². The lowest BCUT2D eigenvalue weighted by Crippen LogP contribution is -2.10. The topological polar surface area (TPSA) is 50.7 Å². The van der Waals surface area contributed by atoms with Crippen molar-refractivity contribution in [2.24, 2.45) is 0 Å². The Morgan fingerprint density at radius 1 is 1.59 bits per heavy atom. The van der Waals surface area contributed by atoms with Crippen LogP contribution < -0.4 is 5.32 Å². The summed E-state index contributed by atoms with van der Waals surface area (Å²) in [7, 11) is 0. The molecule has 0 saturated heterocycles. The van der Waals surface area contributed by atoms with Gasteiger partial charge in [0, 0.05) is 22.3 Å². The van der Waals surface area contributed by atoms with Crippen LogP contribution >= 0.6 is 40.2 Å². The number of hydrogen-bond donors (Lipinski definition) is 2. The highest BCUT2D eigenvalue weighted by atomic mass is 79.9. The number of nitrogens with one attached hydrogen (secondary N) is 1. The van der Waals surface area contributed by atoms with Crippen molar-refractivity contribution < 1.29 is 14.6 Å². The van der Waals surface area contributed by atoms with Crippen LogP contribution in [0.5, 0.6) is 0 Å². The number of aryl methyl sites for hydroxylation is 1. The number of anilines is 1. The molecule has 0 atom stereocenters. The van der Waals surface area contributed by atoms with Gasteiger partial charge in [-0.2, -0.15) is 0 Å². The van der Waals surface area contributed by atoms with Crippen molar-refractivity contribution in [2.45, 2.75) is 18.2 Å². The van der Waals surface area contributed by atoms with E-state index in [2.05, 4.69) is 30.6 Å². The van der Waals surface area contributed by atoms with Gasteiger partial charge in [-0.15, -0.1) is 4.33 Å². The van der Waals surface area contributed by atoms with Crippen LogP contribution in [0.3, 0.4) is 0 Å². The third-order valence-corrected chi connectivity index (χ3v) is 3.23. The van der Waals surface area contributed by atoms with E-state index in [0.717, 1.165) is 44.9 Å². The Labute approximate surface area is 118 Å². The molecule has 0 radical (unpaired) electrons. The number of alkyl halides is 1. The molecule has 0 aliphatic rings. The van der Waals surface area contributed by atoms with Crippen molar-refractivity contribution in [3.05, 3.63) is 23.8 Å². The lowest BCUT2D eigenvalue weighted by molar-refractivity contribution is -0.432. The molecule has 0 unspecified atom stereocenters. The van der Waals surface area contributed by atoms with E-state index in [-0.39, 0.29) is 0 Å². The van der Waals surface area contributed by atoms with Crippen LogP contribution in [-0.2, 0) is 9.37 Å². The maximum atomic E-state index is 8.05. The Hall–Kier alpha value is -0.180. The number of benzene rings is 1. The first kappa shape index (κ1) is 14.9. The van der Waals surface area contributed by atoms with Crippen LogP contribution in [0, 0.1) is 6.92 Å². The van der Waals surface area contributed by atoms with Crippen LogP contribution in [0.1, 0.15) is 12.0 Å². The zero-order valence-corrected chi connectivity index (χ0v) is 12.3. The van der Waals surface area contributed by atoms with E-state index < -0.39 is 0 Å². The van der Waals surface area contributed by atoms with Crippen molar-refractivity contribution in [1.82, 2.24) is 0 Å². The molecule has 0 saturated carbocycles. The summed E-state index contributed by atoms with van der Waals surface area (Å²) in [6.45, 7) is 1.96. The van der Waals surface area contributed by atoms with Crippen molar-refractivity contribution in [3.63, 3.8) is 0 Å². The van der Waals surface area contributed by atoms with Crippen LogP contribution in [0.4, 0.5) is 5.69 Å². The Kier molecular flexibility index (Phi) is 7.02. The summed E-state index contributed by atoms with van der Waals surface area (Å²) >= 11 is 9.44. The lowest BCUT2D eigenvalue weighted by atomic mass is 10.2. The van der Waals surface area contributed by atoms with Crippen molar-refractivity contribution in [1.29, 1.82) is 0 Å². The van der Waals surface area contributed by atoms with Gasteiger partial charge < -0.3 is 5.32 Å². The standard InChI is InChI=1S/C10H12BrNO3S2/c1-7-6-8(17-15-14-13)2-3-9(7)12-10(16)4-5-11/h2-3,6,13H,4-5H2,1H3,(H,12,16). The molecule has 1 aromatic carbocycles. The first-order valence-corrected chi connectivity index (χ1v) is 7.05. The summed E-state index contributed by atoms with van der Waals surface area (Å²) in [6, 6.07) is 5.65. The monoisotopic (exact) mass is 337 g/mol. The molecular weight excluding hydrogens is 326 g/mol. The minimum absolute atomic E-state index is 0.792. The maximum absolute atomic E-state index is 8.05. The minimum atomic E-state index is 0.792. The lowest BCUT2D eigenvalue weighted by Gasteiger charge is -2.10. The van der Waals surface area contributed by atoms with Crippen molar-refractivity contribution >= 4 is 50.9 Å². The van der Waals surface area contributed by atoms with Crippen molar-refractivity contribution in [3.8, 4) is 0 Å². The second-order valence-corrected chi connectivity index (χ2v) is 5.25. The molecule has 0 bridgehead atoms. The molecule has 94 valence electrons. The van der Waals surface area contributed by atoms with Crippen LogP contribution in [0.25, 0.3) is 0 Å². The molecule has 0 aliphatic carbocycles. The van der Waals surface area contributed by atoms with Gasteiger partial charge in [0.15, 0.2) is 0 Å². The first-order chi connectivity index (χ1) is 8.17. The second kappa shape index (κ2) is 8.02. The van der Waals surface area contributed by atoms with Crippen molar-refractivity contribution in [2.75, 3.05) is 10.6 Å². The van der Waals surface area contributed by atoms with E-state index in [9.17, 15) is 0 Å². The quantitative estimate of drug-likeness (QED) is 0.269. The smallest absolute Gasteiger partial charge is 0.0805 e. The fourth-order valence-electron chi connectivity index (χ4n) is 1.18. The van der Waals surface area contributed by atoms with E-state index in [1.807, 2.05) is 25.1 Å². The Morgan fingerprint density at radius 3 is 2.94 bits per heavy atom. The SMILES string of the molecule is Cc1cc(SOOO)ccc1NC(=S)CCBr. The Bertz CT molecular complexity index is 390. The molecule has 17 heavy (non-hydrogen) atoms. The summed E-state index contributed by atoms with van der Waals surface area (Å²) in [6.07, 6.45) is 0.798. The molecule has 0 aromatic heterocycles. The van der Waals surface area contributed by atoms with E-state index in [4.69, 9.17) is 17.5 Å². The number of halogens is 1. The van der Waals surface area contributed by atoms with Gasteiger partial charge in [0.25, 0.3) is 0 Å². The predicted molar refractivity (Wildman–Crippen MR) is 76.5 cm³/mol. The largest absolute Gasteiger partial charge is 0.350 e. The van der Waals surface area contributed by atoms with E-state index in [0.29, 0.717) is 0 Å². The van der Waals surface area contributed by atoms with Gasteiger partial charge in [0.2, 0.25) is 0 Å². The molecule has 1 rings (SSSR count). The molecular formula is C10H12BrNO3S2. The third kappa shape index (κ3) is 5.33. The molecule has 2 N–H and O–H groups in total. The van der Waals surface area contributed by atoms with Gasteiger partial charge in [0.1, 0.15) is 0 Å².